The predicted molar refractivity (Wildman–Crippen MR) is 85.6 cm³/mol. The SMILES string of the molecule is CCC=C(CC)Oc1ccccc1C(=O)c1ccccc1. The van der Waals surface area contributed by atoms with Gasteiger partial charge in [-0.1, -0.05) is 56.3 Å². The lowest BCUT2D eigenvalue weighted by atomic mass is 10.0. The van der Waals surface area contributed by atoms with E-state index in [1.807, 2.05) is 67.6 Å². The van der Waals surface area contributed by atoms with E-state index >= 15 is 0 Å². The summed E-state index contributed by atoms with van der Waals surface area (Å²) in [5.74, 6) is 1.50. The smallest absolute Gasteiger partial charge is 0.196 e. The van der Waals surface area contributed by atoms with Crippen LogP contribution < -0.4 is 4.74 Å². The Hall–Kier alpha value is -2.35. The van der Waals surface area contributed by atoms with Crippen LogP contribution in [0.1, 0.15) is 42.6 Å². The first-order valence-corrected chi connectivity index (χ1v) is 7.32. The minimum Gasteiger partial charge on any atom is -0.461 e. The van der Waals surface area contributed by atoms with Gasteiger partial charge >= 0.3 is 0 Å². The van der Waals surface area contributed by atoms with Crippen LogP contribution in [0, 0.1) is 0 Å². The summed E-state index contributed by atoms with van der Waals surface area (Å²) in [6, 6.07) is 16.7. The van der Waals surface area contributed by atoms with E-state index in [9.17, 15) is 4.79 Å². The van der Waals surface area contributed by atoms with Crippen molar-refractivity contribution in [2.24, 2.45) is 0 Å². The molecule has 0 radical (unpaired) electrons. The van der Waals surface area contributed by atoms with Crippen molar-refractivity contribution in [3.63, 3.8) is 0 Å². The number of ether oxygens (including phenoxy) is 1. The maximum Gasteiger partial charge on any atom is 0.196 e. The Labute approximate surface area is 126 Å². The Bertz CT molecular complexity index is 627. The Morgan fingerprint density at radius 1 is 1.00 bits per heavy atom. The van der Waals surface area contributed by atoms with E-state index in [2.05, 4.69) is 6.92 Å². The van der Waals surface area contributed by atoms with Crippen molar-refractivity contribution in [1.82, 2.24) is 0 Å². The Morgan fingerprint density at radius 2 is 1.67 bits per heavy atom. The van der Waals surface area contributed by atoms with Gasteiger partial charge in [0.1, 0.15) is 5.75 Å². The molecular weight excluding hydrogens is 260 g/mol. The molecule has 108 valence electrons. The highest BCUT2D eigenvalue weighted by Gasteiger charge is 2.14. The van der Waals surface area contributed by atoms with Crippen molar-refractivity contribution >= 4 is 5.78 Å². The quantitative estimate of drug-likeness (QED) is 0.550. The highest BCUT2D eigenvalue weighted by Crippen LogP contribution is 2.24. The molecule has 0 spiro atoms. The summed E-state index contributed by atoms with van der Waals surface area (Å²) in [6.07, 6.45) is 3.77. The third kappa shape index (κ3) is 3.82. The maximum absolute atomic E-state index is 12.6. The fourth-order valence-corrected chi connectivity index (χ4v) is 2.12. The highest BCUT2D eigenvalue weighted by atomic mass is 16.5. The normalized spacial score (nSPS) is 11.2. The minimum absolute atomic E-state index is 0.0156. The lowest BCUT2D eigenvalue weighted by Gasteiger charge is -2.12. The van der Waals surface area contributed by atoms with E-state index in [4.69, 9.17) is 4.74 Å². The molecule has 0 bridgehead atoms. The highest BCUT2D eigenvalue weighted by molar-refractivity contribution is 6.10. The van der Waals surface area contributed by atoms with E-state index in [1.165, 1.54) is 0 Å². The molecule has 0 unspecified atom stereocenters. The third-order valence-electron chi connectivity index (χ3n) is 3.19. The molecular formula is C19H20O2. The van der Waals surface area contributed by atoms with E-state index in [0.29, 0.717) is 16.9 Å². The summed E-state index contributed by atoms with van der Waals surface area (Å²) in [7, 11) is 0. The third-order valence-corrected chi connectivity index (χ3v) is 3.19. The van der Waals surface area contributed by atoms with Gasteiger partial charge in [0.15, 0.2) is 5.78 Å². The molecule has 0 heterocycles. The van der Waals surface area contributed by atoms with Crippen molar-refractivity contribution in [2.45, 2.75) is 26.7 Å². The van der Waals surface area contributed by atoms with Crippen molar-refractivity contribution in [2.75, 3.05) is 0 Å². The molecule has 0 saturated heterocycles. The first-order valence-electron chi connectivity index (χ1n) is 7.32. The number of benzene rings is 2. The van der Waals surface area contributed by atoms with Crippen LogP contribution in [0.15, 0.2) is 66.4 Å². The van der Waals surface area contributed by atoms with E-state index in [0.717, 1.165) is 18.6 Å². The van der Waals surface area contributed by atoms with Gasteiger partial charge in [0.05, 0.1) is 11.3 Å². The molecule has 2 aromatic carbocycles. The Morgan fingerprint density at radius 3 is 2.33 bits per heavy atom. The van der Waals surface area contributed by atoms with E-state index in [1.54, 1.807) is 0 Å². The molecule has 0 atom stereocenters. The number of hydrogen-bond donors (Lipinski definition) is 0. The van der Waals surface area contributed by atoms with Gasteiger partial charge in [-0.25, -0.2) is 0 Å². The molecule has 0 aliphatic heterocycles. The van der Waals surface area contributed by atoms with Crippen molar-refractivity contribution < 1.29 is 9.53 Å². The number of allylic oxidation sites excluding steroid dienone is 2. The topological polar surface area (TPSA) is 26.3 Å². The fourth-order valence-electron chi connectivity index (χ4n) is 2.12. The lowest BCUT2D eigenvalue weighted by Crippen LogP contribution is -2.05. The molecule has 2 nitrogen and oxygen atoms in total. The molecule has 21 heavy (non-hydrogen) atoms. The average Bonchev–Trinajstić information content (AvgIpc) is 2.55. The zero-order valence-corrected chi connectivity index (χ0v) is 12.5. The number of hydrogen-bond acceptors (Lipinski definition) is 2. The number of para-hydroxylation sites is 1. The van der Waals surface area contributed by atoms with Gasteiger partial charge in [-0.2, -0.15) is 0 Å². The molecule has 0 saturated carbocycles. The second kappa shape index (κ2) is 7.44. The maximum atomic E-state index is 12.6. The van der Waals surface area contributed by atoms with Gasteiger partial charge < -0.3 is 4.74 Å². The molecule has 0 N–H and O–H groups in total. The zero-order chi connectivity index (χ0) is 15.1. The first-order chi connectivity index (χ1) is 10.3. The van der Waals surface area contributed by atoms with Gasteiger partial charge in [-0.3, -0.25) is 4.79 Å². The second-order valence-electron chi connectivity index (χ2n) is 4.73. The molecule has 0 amide bonds. The van der Waals surface area contributed by atoms with Crippen LogP contribution in [0.2, 0.25) is 0 Å². The van der Waals surface area contributed by atoms with Crippen LogP contribution in [0.4, 0.5) is 0 Å². The fraction of sp³-hybridized carbons (Fsp3) is 0.211. The second-order valence-corrected chi connectivity index (χ2v) is 4.73. The first kappa shape index (κ1) is 15.0. The number of carbonyl (C=O) groups excluding carboxylic acids is 1. The van der Waals surface area contributed by atoms with Crippen LogP contribution in [-0.4, -0.2) is 5.78 Å². The van der Waals surface area contributed by atoms with Crippen molar-refractivity contribution in [3.05, 3.63) is 77.6 Å². The van der Waals surface area contributed by atoms with E-state index in [-0.39, 0.29) is 5.78 Å². The molecule has 2 heteroatoms. The van der Waals surface area contributed by atoms with Crippen LogP contribution in [-0.2, 0) is 0 Å². The largest absolute Gasteiger partial charge is 0.461 e. The van der Waals surface area contributed by atoms with Crippen LogP contribution in [0.5, 0.6) is 5.75 Å². The van der Waals surface area contributed by atoms with Gasteiger partial charge in [0, 0.05) is 12.0 Å². The van der Waals surface area contributed by atoms with Crippen LogP contribution in [0.3, 0.4) is 0 Å². The summed E-state index contributed by atoms with van der Waals surface area (Å²) >= 11 is 0. The Balaban J connectivity index is 2.33. The van der Waals surface area contributed by atoms with Gasteiger partial charge in [-0.05, 0) is 24.6 Å². The van der Waals surface area contributed by atoms with Gasteiger partial charge in [0.25, 0.3) is 0 Å². The van der Waals surface area contributed by atoms with Gasteiger partial charge in [-0.15, -0.1) is 0 Å². The molecule has 2 rings (SSSR count). The Kier molecular flexibility index (Phi) is 5.33. The van der Waals surface area contributed by atoms with Crippen molar-refractivity contribution in [1.29, 1.82) is 0 Å². The van der Waals surface area contributed by atoms with Crippen molar-refractivity contribution in [3.8, 4) is 5.75 Å². The summed E-state index contributed by atoms with van der Waals surface area (Å²) < 4.78 is 5.92. The molecule has 0 fully saturated rings. The monoisotopic (exact) mass is 280 g/mol. The standard InChI is InChI=1S/C19H20O2/c1-3-10-16(4-2)21-18-14-9-8-13-17(18)19(20)15-11-6-5-7-12-15/h5-14H,3-4H2,1-2H3. The van der Waals surface area contributed by atoms with Crippen LogP contribution >= 0.6 is 0 Å². The number of rotatable bonds is 6. The average molecular weight is 280 g/mol. The van der Waals surface area contributed by atoms with E-state index < -0.39 is 0 Å². The lowest BCUT2D eigenvalue weighted by molar-refractivity contribution is 0.103. The summed E-state index contributed by atoms with van der Waals surface area (Å²) in [4.78, 5) is 12.6. The predicted octanol–water partition coefficient (Wildman–Crippen LogP) is 5.00. The number of carbonyl (C=O) groups is 1. The molecule has 0 aromatic heterocycles. The summed E-state index contributed by atoms with van der Waals surface area (Å²) in [6.45, 7) is 4.11. The summed E-state index contributed by atoms with van der Waals surface area (Å²) in [5, 5.41) is 0. The molecule has 2 aromatic rings. The van der Waals surface area contributed by atoms with Crippen LogP contribution in [0.25, 0.3) is 0 Å². The minimum atomic E-state index is -0.0156. The molecule has 0 aliphatic carbocycles. The van der Waals surface area contributed by atoms with Gasteiger partial charge in [0.2, 0.25) is 0 Å². The number of ketones is 1. The zero-order valence-electron chi connectivity index (χ0n) is 12.5. The summed E-state index contributed by atoms with van der Waals surface area (Å²) in [5.41, 5.74) is 1.27. The molecule has 0 aliphatic rings.